The van der Waals surface area contributed by atoms with Gasteiger partial charge in [-0.15, -0.1) is 6.58 Å². The van der Waals surface area contributed by atoms with Crippen molar-refractivity contribution in [2.24, 2.45) is 5.92 Å². The second kappa shape index (κ2) is 6.74. The Bertz CT molecular complexity index is 388. The van der Waals surface area contributed by atoms with E-state index in [0.29, 0.717) is 17.9 Å². The van der Waals surface area contributed by atoms with Crippen LogP contribution in [0.1, 0.15) is 26.2 Å². The average molecular weight is 233 g/mol. The fraction of sp³-hybridized carbons (Fsp3) is 0.357. The van der Waals surface area contributed by atoms with Gasteiger partial charge in [-0.3, -0.25) is 4.79 Å². The van der Waals surface area contributed by atoms with Crippen molar-refractivity contribution in [3.05, 3.63) is 36.9 Å². The van der Waals surface area contributed by atoms with Gasteiger partial charge in [-0.1, -0.05) is 31.6 Å². The molecule has 1 aromatic carbocycles. The van der Waals surface area contributed by atoms with E-state index in [1.165, 1.54) is 0 Å². The highest BCUT2D eigenvalue weighted by Crippen LogP contribution is 2.23. The number of anilines is 1. The van der Waals surface area contributed by atoms with Crippen molar-refractivity contribution in [3.63, 3.8) is 0 Å². The van der Waals surface area contributed by atoms with Gasteiger partial charge in [0.15, 0.2) is 5.75 Å². The number of para-hydroxylation sites is 2. The molecule has 1 aromatic rings. The van der Waals surface area contributed by atoms with E-state index < -0.39 is 0 Å². The molecular weight excluding hydrogens is 214 g/mol. The van der Waals surface area contributed by atoms with E-state index in [2.05, 4.69) is 6.58 Å². The Balaban J connectivity index is 2.69. The Kier molecular flexibility index (Phi) is 5.27. The molecule has 0 aromatic heterocycles. The van der Waals surface area contributed by atoms with Gasteiger partial charge in [0.25, 0.3) is 0 Å². The van der Waals surface area contributed by atoms with Crippen molar-refractivity contribution in [2.75, 3.05) is 5.73 Å². The SMILES string of the molecule is C=CCC(CCC)C(=O)Oc1ccccc1N. The molecule has 17 heavy (non-hydrogen) atoms. The highest BCUT2D eigenvalue weighted by molar-refractivity contribution is 5.77. The first-order chi connectivity index (χ1) is 8.19. The summed E-state index contributed by atoms with van der Waals surface area (Å²) in [5.74, 6) is 0.0735. The third-order valence-electron chi connectivity index (χ3n) is 2.55. The van der Waals surface area contributed by atoms with Crippen molar-refractivity contribution >= 4 is 11.7 Å². The summed E-state index contributed by atoms with van der Waals surface area (Å²) in [5.41, 5.74) is 6.20. The first-order valence-electron chi connectivity index (χ1n) is 5.86. The topological polar surface area (TPSA) is 52.3 Å². The Morgan fingerprint density at radius 2 is 2.24 bits per heavy atom. The molecule has 0 saturated carbocycles. The zero-order chi connectivity index (χ0) is 12.7. The van der Waals surface area contributed by atoms with Gasteiger partial charge in [-0.25, -0.2) is 0 Å². The van der Waals surface area contributed by atoms with Gasteiger partial charge in [0.1, 0.15) is 0 Å². The molecule has 0 heterocycles. The summed E-state index contributed by atoms with van der Waals surface area (Å²) < 4.78 is 5.30. The molecule has 0 aliphatic heterocycles. The van der Waals surface area contributed by atoms with Crippen LogP contribution in [0.2, 0.25) is 0 Å². The first-order valence-corrected chi connectivity index (χ1v) is 5.86. The number of carbonyl (C=O) groups excluding carboxylic acids is 1. The predicted octanol–water partition coefficient (Wildman–Crippen LogP) is 3.17. The summed E-state index contributed by atoms with van der Waals surface area (Å²) in [6.07, 6.45) is 4.13. The van der Waals surface area contributed by atoms with Crippen LogP contribution in [0.3, 0.4) is 0 Å². The monoisotopic (exact) mass is 233 g/mol. The quantitative estimate of drug-likeness (QED) is 0.355. The third kappa shape index (κ3) is 3.94. The van der Waals surface area contributed by atoms with Crippen molar-refractivity contribution in [1.82, 2.24) is 0 Å². The average Bonchev–Trinajstić information content (AvgIpc) is 2.32. The lowest BCUT2D eigenvalue weighted by Gasteiger charge is -2.14. The number of nitrogen functional groups attached to an aromatic ring is 1. The minimum absolute atomic E-state index is 0.128. The van der Waals surface area contributed by atoms with Crippen LogP contribution in [0.5, 0.6) is 5.75 Å². The Labute approximate surface area is 102 Å². The smallest absolute Gasteiger partial charge is 0.314 e. The van der Waals surface area contributed by atoms with Gasteiger partial charge in [-0.2, -0.15) is 0 Å². The van der Waals surface area contributed by atoms with Crippen molar-refractivity contribution in [1.29, 1.82) is 0 Å². The van der Waals surface area contributed by atoms with E-state index in [4.69, 9.17) is 10.5 Å². The normalized spacial score (nSPS) is 11.8. The van der Waals surface area contributed by atoms with Crippen LogP contribution >= 0.6 is 0 Å². The summed E-state index contributed by atoms with van der Waals surface area (Å²) in [6.45, 7) is 5.70. The Hall–Kier alpha value is -1.77. The predicted molar refractivity (Wildman–Crippen MR) is 69.7 cm³/mol. The van der Waals surface area contributed by atoms with E-state index in [0.717, 1.165) is 12.8 Å². The zero-order valence-corrected chi connectivity index (χ0v) is 10.2. The number of hydrogen-bond acceptors (Lipinski definition) is 3. The van der Waals surface area contributed by atoms with Gasteiger partial charge < -0.3 is 10.5 Å². The third-order valence-corrected chi connectivity index (χ3v) is 2.55. The van der Waals surface area contributed by atoms with Crippen molar-refractivity contribution in [3.8, 4) is 5.75 Å². The van der Waals surface area contributed by atoms with Crippen LogP contribution in [0.15, 0.2) is 36.9 Å². The molecule has 0 spiro atoms. The van der Waals surface area contributed by atoms with Gasteiger partial charge >= 0.3 is 5.97 Å². The molecule has 0 fully saturated rings. The molecule has 0 amide bonds. The Morgan fingerprint density at radius 3 is 2.82 bits per heavy atom. The molecule has 1 rings (SSSR count). The molecule has 3 nitrogen and oxygen atoms in total. The lowest BCUT2D eigenvalue weighted by Crippen LogP contribution is -2.20. The van der Waals surface area contributed by atoms with Crippen molar-refractivity contribution in [2.45, 2.75) is 26.2 Å². The number of carbonyl (C=O) groups is 1. The first kappa shape index (κ1) is 13.3. The lowest BCUT2D eigenvalue weighted by molar-refractivity contribution is -0.139. The van der Waals surface area contributed by atoms with E-state index >= 15 is 0 Å². The molecule has 0 aliphatic carbocycles. The lowest BCUT2D eigenvalue weighted by atomic mass is 10.0. The minimum atomic E-state index is -0.232. The standard InChI is InChI=1S/C14H19NO2/c1-3-7-11(8-4-2)14(16)17-13-10-6-5-9-12(13)15/h3,5-6,9-11H,1,4,7-8,15H2,2H3. The number of nitrogens with two attached hydrogens (primary N) is 1. The van der Waals surface area contributed by atoms with E-state index in [9.17, 15) is 4.79 Å². The largest absolute Gasteiger partial charge is 0.424 e. The van der Waals surface area contributed by atoms with Gasteiger partial charge in [0, 0.05) is 0 Å². The fourth-order valence-corrected chi connectivity index (χ4v) is 1.65. The second-order valence-electron chi connectivity index (χ2n) is 3.97. The van der Waals surface area contributed by atoms with Crippen LogP contribution in [0.4, 0.5) is 5.69 Å². The molecule has 1 atom stereocenters. The fourth-order valence-electron chi connectivity index (χ4n) is 1.65. The van der Waals surface area contributed by atoms with E-state index in [1.807, 2.05) is 6.92 Å². The number of rotatable bonds is 6. The number of allylic oxidation sites excluding steroid dienone is 1. The van der Waals surface area contributed by atoms with E-state index in [-0.39, 0.29) is 11.9 Å². The van der Waals surface area contributed by atoms with Crippen LogP contribution in [-0.4, -0.2) is 5.97 Å². The summed E-state index contributed by atoms with van der Waals surface area (Å²) in [7, 11) is 0. The van der Waals surface area contributed by atoms with Gasteiger partial charge in [0.05, 0.1) is 11.6 Å². The maximum Gasteiger partial charge on any atom is 0.314 e. The number of esters is 1. The Morgan fingerprint density at radius 1 is 1.53 bits per heavy atom. The van der Waals surface area contributed by atoms with Crippen molar-refractivity contribution < 1.29 is 9.53 Å². The maximum atomic E-state index is 11.9. The zero-order valence-electron chi connectivity index (χ0n) is 10.2. The van der Waals surface area contributed by atoms with Crippen LogP contribution < -0.4 is 10.5 Å². The number of benzene rings is 1. The van der Waals surface area contributed by atoms with Crippen LogP contribution in [0.25, 0.3) is 0 Å². The molecule has 0 saturated heterocycles. The molecule has 3 heteroatoms. The van der Waals surface area contributed by atoms with E-state index in [1.54, 1.807) is 30.3 Å². The molecule has 92 valence electrons. The van der Waals surface area contributed by atoms with Gasteiger partial charge in [-0.05, 0) is 25.0 Å². The second-order valence-corrected chi connectivity index (χ2v) is 3.97. The summed E-state index contributed by atoms with van der Waals surface area (Å²) >= 11 is 0. The highest BCUT2D eigenvalue weighted by atomic mass is 16.5. The molecule has 0 aliphatic rings. The molecule has 0 bridgehead atoms. The molecule has 2 N–H and O–H groups in total. The summed E-state index contributed by atoms with van der Waals surface area (Å²) in [6, 6.07) is 7.01. The molecule has 1 unspecified atom stereocenters. The van der Waals surface area contributed by atoms with Crippen LogP contribution in [0, 0.1) is 5.92 Å². The number of hydrogen-bond donors (Lipinski definition) is 1. The highest BCUT2D eigenvalue weighted by Gasteiger charge is 2.18. The summed E-state index contributed by atoms with van der Waals surface area (Å²) in [5, 5.41) is 0. The minimum Gasteiger partial charge on any atom is -0.424 e. The molecule has 0 radical (unpaired) electrons. The summed E-state index contributed by atoms with van der Waals surface area (Å²) in [4.78, 5) is 11.9. The molecular formula is C14H19NO2. The maximum absolute atomic E-state index is 11.9. The van der Waals surface area contributed by atoms with Gasteiger partial charge in [0.2, 0.25) is 0 Å². The number of ether oxygens (including phenoxy) is 1. The van der Waals surface area contributed by atoms with Crippen LogP contribution in [-0.2, 0) is 4.79 Å².